The number of nitrogens with zero attached hydrogens (tertiary/aromatic N) is 2. The van der Waals surface area contributed by atoms with Crippen LogP contribution in [0.4, 0.5) is 5.69 Å². The number of carbonyl (C=O) groups is 2. The van der Waals surface area contributed by atoms with Crippen LogP contribution >= 0.6 is 0 Å². The average Bonchev–Trinajstić information content (AvgIpc) is 2.54. The van der Waals surface area contributed by atoms with Gasteiger partial charge < -0.3 is 10.1 Å². The summed E-state index contributed by atoms with van der Waals surface area (Å²) in [6, 6.07) is 7.44. The Bertz CT molecular complexity index is 778. The molecule has 1 aliphatic rings. The highest BCUT2D eigenvalue weighted by Gasteiger charge is 2.41. The molecule has 1 aromatic rings. The van der Waals surface area contributed by atoms with Crippen LogP contribution in [0.5, 0.6) is 0 Å². The molecule has 0 bridgehead atoms. The minimum Gasteiger partial charge on any atom is -0.463 e. The molecule has 124 valence electrons. The molecule has 0 aliphatic carbocycles. The lowest BCUT2D eigenvalue weighted by Gasteiger charge is -2.29. The molecule has 24 heavy (non-hydrogen) atoms. The van der Waals surface area contributed by atoms with Crippen LogP contribution in [0.3, 0.4) is 0 Å². The fraction of sp³-hybridized carbons (Fsp3) is 0.312. The van der Waals surface area contributed by atoms with E-state index in [2.05, 4.69) is 5.32 Å². The van der Waals surface area contributed by atoms with Crippen molar-refractivity contribution in [3.63, 3.8) is 0 Å². The topological polar surface area (TPSA) is 122 Å². The monoisotopic (exact) mass is 329 g/mol. The average molecular weight is 329 g/mol. The maximum atomic E-state index is 12.3. The first-order valence-corrected chi connectivity index (χ1v) is 7.23. The molecule has 1 aliphatic heterocycles. The zero-order chi connectivity index (χ0) is 17.9. The van der Waals surface area contributed by atoms with Crippen molar-refractivity contribution in [2.45, 2.75) is 19.8 Å². The molecule has 0 spiro atoms. The van der Waals surface area contributed by atoms with E-state index in [0.717, 1.165) is 0 Å². The molecule has 0 radical (unpaired) electrons. The summed E-state index contributed by atoms with van der Waals surface area (Å²) < 4.78 is 5.02. The molecule has 1 N–H and O–H groups in total. The van der Waals surface area contributed by atoms with Gasteiger partial charge in [0.2, 0.25) is 5.91 Å². The summed E-state index contributed by atoms with van der Waals surface area (Å²) in [6.45, 7) is 3.30. The van der Waals surface area contributed by atoms with Gasteiger partial charge in [0.25, 0.3) is 5.69 Å². The number of nitriles is 1. The van der Waals surface area contributed by atoms with Crippen LogP contribution in [-0.2, 0) is 14.3 Å². The van der Waals surface area contributed by atoms with E-state index in [0.29, 0.717) is 5.56 Å². The molecule has 1 amide bonds. The van der Waals surface area contributed by atoms with Gasteiger partial charge in [-0.2, -0.15) is 5.26 Å². The molecule has 0 saturated carbocycles. The van der Waals surface area contributed by atoms with Gasteiger partial charge in [-0.05, 0) is 19.4 Å². The second-order valence-electron chi connectivity index (χ2n) is 5.18. The Labute approximate surface area is 137 Å². The summed E-state index contributed by atoms with van der Waals surface area (Å²) in [5.41, 5.74) is 0.564. The summed E-state index contributed by atoms with van der Waals surface area (Å²) in [5, 5.41) is 22.8. The maximum Gasteiger partial charge on any atom is 0.336 e. The van der Waals surface area contributed by atoms with E-state index in [4.69, 9.17) is 4.74 Å². The standard InChI is InChI=1S/C16H15N3O5/c1-3-24-16(21)13-9(2)18-15(20)12(8-17)14(13)10-5-4-6-11(7-10)19(22)23/h4-7,12,14H,3H2,1-2H3,(H,18,20). The predicted molar refractivity (Wildman–Crippen MR) is 82.4 cm³/mol. The molecule has 1 aromatic carbocycles. The number of esters is 1. The van der Waals surface area contributed by atoms with Crippen molar-refractivity contribution in [1.82, 2.24) is 5.32 Å². The summed E-state index contributed by atoms with van der Waals surface area (Å²) >= 11 is 0. The maximum absolute atomic E-state index is 12.3. The number of non-ortho nitro benzene ring substituents is 1. The Morgan fingerprint density at radius 3 is 2.79 bits per heavy atom. The van der Waals surface area contributed by atoms with Gasteiger partial charge in [0.1, 0.15) is 5.92 Å². The lowest BCUT2D eigenvalue weighted by molar-refractivity contribution is -0.384. The third kappa shape index (κ3) is 3.10. The quantitative estimate of drug-likeness (QED) is 0.510. The number of allylic oxidation sites excluding steroid dienone is 1. The van der Waals surface area contributed by atoms with Crippen LogP contribution in [0.25, 0.3) is 0 Å². The second-order valence-corrected chi connectivity index (χ2v) is 5.18. The van der Waals surface area contributed by atoms with Gasteiger partial charge in [-0.25, -0.2) is 4.79 Å². The second kappa shape index (κ2) is 6.91. The fourth-order valence-electron chi connectivity index (χ4n) is 2.69. The summed E-state index contributed by atoms with van der Waals surface area (Å²) in [4.78, 5) is 34.8. The number of hydrogen-bond donors (Lipinski definition) is 1. The van der Waals surface area contributed by atoms with Crippen LogP contribution in [0.1, 0.15) is 25.3 Å². The van der Waals surface area contributed by atoms with Crippen molar-refractivity contribution in [3.05, 3.63) is 51.2 Å². The van der Waals surface area contributed by atoms with Gasteiger partial charge >= 0.3 is 5.97 Å². The number of carbonyl (C=O) groups excluding carboxylic acids is 2. The van der Waals surface area contributed by atoms with E-state index in [1.54, 1.807) is 13.0 Å². The third-order valence-corrected chi connectivity index (χ3v) is 3.72. The highest BCUT2D eigenvalue weighted by molar-refractivity contribution is 5.97. The SMILES string of the molecule is CCOC(=O)C1=C(C)NC(=O)C(C#N)C1c1cccc([N+](=O)[O-])c1. The third-order valence-electron chi connectivity index (χ3n) is 3.72. The summed E-state index contributed by atoms with van der Waals surface area (Å²) in [6.07, 6.45) is 0. The summed E-state index contributed by atoms with van der Waals surface area (Å²) in [7, 11) is 0. The number of rotatable bonds is 4. The number of nitro groups is 1. The van der Waals surface area contributed by atoms with Crippen LogP contribution < -0.4 is 5.32 Å². The van der Waals surface area contributed by atoms with Crippen LogP contribution in [0, 0.1) is 27.4 Å². The predicted octanol–water partition coefficient (Wildman–Crippen LogP) is 1.79. The minimum atomic E-state index is -1.19. The van der Waals surface area contributed by atoms with E-state index in [1.165, 1.54) is 25.1 Å². The highest BCUT2D eigenvalue weighted by atomic mass is 16.6. The van der Waals surface area contributed by atoms with E-state index in [1.807, 2.05) is 6.07 Å². The first kappa shape index (κ1) is 17.1. The van der Waals surface area contributed by atoms with E-state index in [9.17, 15) is 25.0 Å². The molecule has 1 heterocycles. The van der Waals surface area contributed by atoms with Crippen molar-refractivity contribution < 1.29 is 19.2 Å². The van der Waals surface area contributed by atoms with Crippen molar-refractivity contribution in [1.29, 1.82) is 5.26 Å². The molecule has 2 unspecified atom stereocenters. The van der Waals surface area contributed by atoms with Gasteiger partial charge in [0, 0.05) is 23.7 Å². The number of nitrogens with one attached hydrogen (secondary N) is 1. The first-order valence-electron chi connectivity index (χ1n) is 7.23. The van der Waals surface area contributed by atoms with Crippen LogP contribution in [0.2, 0.25) is 0 Å². The molecule has 8 nitrogen and oxygen atoms in total. The van der Waals surface area contributed by atoms with Gasteiger partial charge in [-0.15, -0.1) is 0 Å². The largest absolute Gasteiger partial charge is 0.463 e. The van der Waals surface area contributed by atoms with Crippen molar-refractivity contribution in [2.24, 2.45) is 5.92 Å². The molecular formula is C16H15N3O5. The minimum absolute atomic E-state index is 0.127. The van der Waals surface area contributed by atoms with Crippen LogP contribution in [-0.4, -0.2) is 23.4 Å². The van der Waals surface area contributed by atoms with Crippen molar-refractivity contribution in [2.75, 3.05) is 6.61 Å². The van der Waals surface area contributed by atoms with E-state index in [-0.39, 0.29) is 23.6 Å². The van der Waals surface area contributed by atoms with Crippen LogP contribution in [0.15, 0.2) is 35.5 Å². The molecule has 2 atom stereocenters. The zero-order valence-corrected chi connectivity index (χ0v) is 13.1. The van der Waals surface area contributed by atoms with E-state index >= 15 is 0 Å². The van der Waals surface area contributed by atoms with Gasteiger partial charge in [-0.3, -0.25) is 14.9 Å². The smallest absolute Gasteiger partial charge is 0.336 e. The van der Waals surface area contributed by atoms with Crippen molar-refractivity contribution in [3.8, 4) is 6.07 Å². The number of nitro benzene ring substituents is 1. The lowest BCUT2D eigenvalue weighted by atomic mass is 9.77. The Morgan fingerprint density at radius 2 is 2.21 bits per heavy atom. The van der Waals surface area contributed by atoms with Gasteiger partial charge in [0.15, 0.2) is 0 Å². The Hall–Kier alpha value is -3.21. The van der Waals surface area contributed by atoms with Gasteiger partial charge in [-0.1, -0.05) is 12.1 Å². The fourth-order valence-corrected chi connectivity index (χ4v) is 2.69. The zero-order valence-electron chi connectivity index (χ0n) is 13.1. The van der Waals surface area contributed by atoms with Crippen molar-refractivity contribution >= 4 is 17.6 Å². The highest BCUT2D eigenvalue weighted by Crippen LogP contribution is 2.38. The normalized spacial score (nSPS) is 20.1. The number of ether oxygens (including phenoxy) is 1. The molecular weight excluding hydrogens is 314 g/mol. The first-order chi connectivity index (χ1) is 11.4. The number of amides is 1. The molecule has 8 heteroatoms. The molecule has 2 rings (SSSR count). The molecule has 0 aromatic heterocycles. The van der Waals surface area contributed by atoms with E-state index < -0.39 is 28.6 Å². The summed E-state index contributed by atoms with van der Waals surface area (Å²) in [5.74, 6) is -3.33. The van der Waals surface area contributed by atoms with Gasteiger partial charge in [0.05, 0.1) is 23.2 Å². The Balaban J connectivity index is 2.63. The Morgan fingerprint density at radius 1 is 1.50 bits per heavy atom. The molecule has 0 saturated heterocycles. The lowest BCUT2D eigenvalue weighted by Crippen LogP contribution is -2.41. The number of hydrogen-bond acceptors (Lipinski definition) is 6. The number of benzene rings is 1. The Kier molecular flexibility index (Phi) is 4.94. The molecule has 0 fully saturated rings.